The molecule has 0 radical (unpaired) electrons. The van der Waals surface area contributed by atoms with Gasteiger partial charge in [0.1, 0.15) is 6.04 Å². The van der Waals surface area contributed by atoms with E-state index < -0.39 is 0 Å². The second-order valence-electron chi connectivity index (χ2n) is 4.51. The van der Waals surface area contributed by atoms with Gasteiger partial charge in [-0.2, -0.15) is 0 Å². The Hall–Kier alpha value is -0.870. The zero-order chi connectivity index (χ0) is 11.0. The van der Waals surface area contributed by atoms with E-state index in [1.165, 1.54) is 17.7 Å². The SMILES string of the molecule is O=C(OCC1CC1)C1NCCc2sccc21. The summed E-state index contributed by atoms with van der Waals surface area (Å²) in [7, 11) is 0. The minimum atomic E-state index is -0.228. The fourth-order valence-corrected chi connectivity index (χ4v) is 2.95. The summed E-state index contributed by atoms with van der Waals surface area (Å²) >= 11 is 1.74. The molecule has 0 aromatic carbocycles. The lowest BCUT2D eigenvalue weighted by molar-refractivity contribution is -0.147. The maximum absolute atomic E-state index is 11.9. The molecule has 2 heterocycles. The third-order valence-electron chi connectivity index (χ3n) is 3.19. The molecule has 16 heavy (non-hydrogen) atoms. The van der Waals surface area contributed by atoms with Crippen molar-refractivity contribution < 1.29 is 9.53 Å². The molecule has 1 unspecified atom stereocenters. The van der Waals surface area contributed by atoms with Gasteiger partial charge >= 0.3 is 5.97 Å². The zero-order valence-electron chi connectivity index (χ0n) is 9.07. The fraction of sp³-hybridized carbons (Fsp3) is 0.583. The highest BCUT2D eigenvalue weighted by Gasteiger charge is 2.30. The molecule has 4 heteroatoms. The summed E-state index contributed by atoms with van der Waals surface area (Å²) in [5, 5.41) is 5.29. The van der Waals surface area contributed by atoms with E-state index >= 15 is 0 Å². The number of carbonyl (C=O) groups is 1. The number of rotatable bonds is 3. The topological polar surface area (TPSA) is 38.3 Å². The second-order valence-corrected chi connectivity index (χ2v) is 5.51. The van der Waals surface area contributed by atoms with Gasteiger partial charge in [0.15, 0.2) is 0 Å². The zero-order valence-corrected chi connectivity index (χ0v) is 9.89. The van der Waals surface area contributed by atoms with E-state index in [1.807, 2.05) is 6.07 Å². The number of hydrogen-bond donors (Lipinski definition) is 1. The third kappa shape index (κ3) is 1.99. The molecule has 1 fully saturated rings. The number of ether oxygens (including phenoxy) is 1. The van der Waals surface area contributed by atoms with Gasteiger partial charge in [-0.05, 0) is 42.2 Å². The van der Waals surface area contributed by atoms with Crippen molar-refractivity contribution in [1.29, 1.82) is 0 Å². The third-order valence-corrected chi connectivity index (χ3v) is 4.18. The van der Waals surface area contributed by atoms with Gasteiger partial charge in [0.2, 0.25) is 0 Å². The Morgan fingerprint density at radius 3 is 3.25 bits per heavy atom. The minimum absolute atomic E-state index is 0.105. The van der Waals surface area contributed by atoms with Gasteiger partial charge in [0.25, 0.3) is 0 Å². The average Bonchev–Trinajstić information content (AvgIpc) is 3.01. The van der Waals surface area contributed by atoms with Crippen molar-refractivity contribution in [2.45, 2.75) is 25.3 Å². The van der Waals surface area contributed by atoms with E-state index in [-0.39, 0.29) is 12.0 Å². The Morgan fingerprint density at radius 1 is 1.56 bits per heavy atom. The Balaban J connectivity index is 1.68. The lowest BCUT2D eigenvalue weighted by Gasteiger charge is -2.22. The molecule has 1 atom stereocenters. The first kappa shape index (κ1) is 10.3. The molecular weight excluding hydrogens is 222 g/mol. The highest BCUT2D eigenvalue weighted by atomic mass is 32.1. The maximum atomic E-state index is 11.9. The average molecular weight is 237 g/mol. The Morgan fingerprint density at radius 2 is 2.44 bits per heavy atom. The lowest BCUT2D eigenvalue weighted by atomic mass is 10.0. The van der Waals surface area contributed by atoms with Gasteiger partial charge in [-0.25, -0.2) is 4.79 Å². The number of carbonyl (C=O) groups excluding carboxylic acids is 1. The van der Waals surface area contributed by atoms with E-state index in [0.29, 0.717) is 12.5 Å². The number of nitrogens with one attached hydrogen (secondary N) is 1. The maximum Gasteiger partial charge on any atom is 0.327 e. The van der Waals surface area contributed by atoms with Gasteiger partial charge in [0, 0.05) is 11.4 Å². The van der Waals surface area contributed by atoms with Crippen LogP contribution >= 0.6 is 11.3 Å². The van der Waals surface area contributed by atoms with E-state index in [2.05, 4.69) is 10.7 Å². The molecule has 1 aliphatic carbocycles. The van der Waals surface area contributed by atoms with E-state index in [0.717, 1.165) is 18.5 Å². The minimum Gasteiger partial charge on any atom is -0.464 e. The molecule has 0 bridgehead atoms. The van der Waals surface area contributed by atoms with Gasteiger partial charge in [0.05, 0.1) is 6.61 Å². The van der Waals surface area contributed by atoms with Crippen molar-refractivity contribution in [3.05, 3.63) is 21.9 Å². The molecule has 3 nitrogen and oxygen atoms in total. The lowest BCUT2D eigenvalue weighted by Crippen LogP contribution is -2.35. The van der Waals surface area contributed by atoms with Crippen molar-refractivity contribution in [2.75, 3.05) is 13.2 Å². The van der Waals surface area contributed by atoms with Crippen molar-refractivity contribution in [3.63, 3.8) is 0 Å². The largest absolute Gasteiger partial charge is 0.464 e. The molecule has 0 amide bonds. The first-order valence-corrected chi connectivity index (χ1v) is 6.69. The van der Waals surface area contributed by atoms with Gasteiger partial charge in [-0.1, -0.05) is 0 Å². The van der Waals surface area contributed by atoms with Gasteiger partial charge in [-0.3, -0.25) is 0 Å². The number of fused-ring (bicyclic) bond motifs is 1. The number of thiophene rings is 1. The standard InChI is InChI=1S/C12H15NO2S/c14-12(15-7-8-1-2-8)11-9-4-6-16-10(9)3-5-13-11/h4,6,8,11,13H,1-3,5,7H2. The number of esters is 1. The summed E-state index contributed by atoms with van der Waals surface area (Å²) in [6.45, 7) is 1.48. The van der Waals surface area contributed by atoms with Crippen molar-refractivity contribution >= 4 is 17.3 Å². The van der Waals surface area contributed by atoms with Crippen LogP contribution in [0.5, 0.6) is 0 Å². The summed E-state index contributed by atoms with van der Waals surface area (Å²) in [4.78, 5) is 13.2. The molecule has 2 aliphatic rings. The van der Waals surface area contributed by atoms with Crippen LogP contribution in [0.4, 0.5) is 0 Å². The molecule has 86 valence electrons. The smallest absolute Gasteiger partial charge is 0.327 e. The van der Waals surface area contributed by atoms with Crippen LogP contribution in [0.3, 0.4) is 0 Å². The molecule has 0 spiro atoms. The molecule has 1 aliphatic heterocycles. The predicted octanol–water partition coefficient (Wildman–Crippen LogP) is 1.89. The molecule has 1 aromatic rings. The number of hydrogen-bond acceptors (Lipinski definition) is 4. The van der Waals surface area contributed by atoms with Gasteiger partial charge in [-0.15, -0.1) is 11.3 Å². The molecule has 1 saturated carbocycles. The summed E-state index contributed by atoms with van der Waals surface area (Å²) in [6.07, 6.45) is 3.46. The van der Waals surface area contributed by atoms with Crippen LogP contribution in [-0.2, 0) is 16.0 Å². The summed E-state index contributed by atoms with van der Waals surface area (Å²) in [5.74, 6) is 0.528. The van der Waals surface area contributed by atoms with Crippen molar-refractivity contribution in [1.82, 2.24) is 5.32 Å². The molecule has 1 aromatic heterocycles. The fourth-order valence-electron chi connectivity index (χ4n) is 2.03. The molecular formula is C12H15NO2S. The van der Waals surface area contributed by atoms with Crippen LogP contribution in [0, 0.1) is 5.92 Å². The highest BCUT2D eigenvalue weighted by Crippen LogP contribution is 2.31. The Bertz CT molecular complexity index is 397. The van der Waals surface area contributed by atoms with Crippen LogP contribution in [-0.4, -0.2) is 19.1 Å². The first-order chi connectivity index (χ1) is 7.84. The van der Waals surface area contributed by atoms with Crippen LogP contribution < -0.4 is 5.32 Å². The first-order valence-electron chi connectivity index (χ1n) is 5.81. The van der Waals surface area contributed by atoms with Crippen molar-refractivity contribution in [3.8, 4) is 0 Å². The molecule has 1 N–H and O–H groups in total. The Kier molecular flexibility index (Phi) is 2.69. The van der Waals surface area contributed by atoms with Crippen LogP contribution in [0.1, 0.15) is 29.3 Å². The van der Waals surface area contributed by atoms with E-state index in [1.54, 1.807) is 11.3 Å². The van der Waals surface area contributed by atoms with Crippen LogP contribution in [0.25, 0.3) is 0 Å². The Labute approximate surface area is 98.8 Å². The summed E-state index contributed by atoms with van der Waals surface area (Å²) in [6, 6.07) is 1.81. The summed E-state index contributed by atoms with van der Waals surface area (Å²) < 4.78 is 5.33. The molecule has 3 rings (SSSR count). The predicted molar refractivity (Wildman–Crippen MR) is 62.4 cm³/mol. The summed E-state index contributed by atoms with van der Waals surface area (Å²) in [5.41, 5.74) is 1.12. The van der Waals surface area contributed by atoms with E-state index in [9.17, 15) is 4.79 Å². The van der Waals surface area contributed by atoms with Crippen LogP contribution in [0.2, 0.25) is 0 Å². The van der Waals surface area contributed by atoms with Crippen molar-refractivity contribution in [2.24, 2.45) is 5.92 Å². The van der Waals surface area contributed by atoms with Gasteiger partial charge < -0.3 is 10.1 Å². The quantitative estimate of drug-likeness (QED) is 0.816. The van der Waals surface area contributed by atoms with E-state index in [4.69, 9.17) is 4.74 Å². The monoisotopic (exact) mass is 237 g/mol. The van der Waals surface area contributed by atoms with Crippen LogP contribution in [0.15, 0.2) is 11.4 Å². The molecule has 0 saturated heterocycles. The normalized spacial score (nSPS) is 23.9. The second kappa shape index (κ2) is 4.18. The highest BCUT2D eigenvalue weighted by molar-refractivity contribution is 7.10.